The van der Waals surface area contributed by atoms with E-state index in [1.807, 2.05) is 36.1 Å². The van der Waals surface area contributed by atoms with Gasteiger partial charge in [0, 0.05) is 38.8 Å². The quantitative estimate of drug-likeness (QED) is 0.653. The molecule has 152 valence electrons. The van der Waals surface area contributed by atoms with E-state index < -0.39 is 0 Å². The number of carbonyl (C=O) groups is 1. The second-order valence-corrected chi connectivity index (χ2v) is 7.68. The van der Waals surface area contributed by atoms with Crippen molar-refractivity contribution in [1.29, 1.82) is 0 Å². The van der Waals surface area contributed by atoms with Crippen molar-refractivity contribution >= 4 is 17.5 Å². The topological polar surface area (TPSA) is 80.3 Å². The van der Waals surface area contributed by atoms with Gasteiger partial charge in [-0.3, -0.25) is 14.4 Å². The van der Waals surface area contributed by atoms with E-state index in [2.05, 4.69) is 20.1 Å². The zero-order valence-corrected chi connectivity index (χ0v) is 17.5. The van der Waals surface area contributed by atoms with Gasteiger partial charge in [0.25, 0.3) is 5.91 Å². The normalized spacial score (nSPS) is 15.1. The average Bonchev–Trinajstić information content (AvgIpc) is 3.27. The Morgan fingerprint density at radius 1 is 1.14 bits per heavy atom. The minimum atomic E-state index is -0.0697. The lowest BCUT2D eigenvalue weighted by atomic mass is 10.1. The highest BCUT2D eigenvalue weighted by Gasteiger charge is 2.27. The van der Waals surface area contributed by atoms with Crippen LogP contribution in [-0.4, -0.2) is 61.8 Å². The van der Waals surface area contributed by atoms with Crippen molar-refractivity contribution in [1.82, 2.24) is 29.7 Å². The second-order valence-electron chi connectivity index (χ2n) is 7.32. The first-order valence-electron chi connectivity index (χ1n) is 9.52. The number of hydrogen-bond donors (Lipinski definition) is 0. The zero-order chi connectivity index (χ0) is 20.5. The maximum atomic E-state index is 12.8. The smallest absolute Gasteiger partial charge is 0.258 e. The van der Waals surface area contributed by atoms with E-state index in [9.17, 15) is 4.79 Å². The van der Waals surface area contributed by atoms with Crippen LogP contribution in [0.1, 0.15) is 27.5 Å². The van der Waals surface area contributed by atoms with Gasteiger partial charge >= 0.3 is 0 Å². The molecule has 8 nitrogen and oxygen atoms in total. The molecule has 4 rings (SSSR count). The Hall–Kier alpha value is -2.71. The van der Waals surface area contributed by atoms with Crippen LogP contribution < -0.4 is 0 Å². The van der Waals surface area contributed by atoms with Crippen LogP contribution in [0.3, 0.4) is 0 Å². The maximum Gasteiger partial charge on any atom is 0.258 e. The van der Waals surface area contributed by atoms with Crippen molar-refractivity contribution in [2.45, 2.75) is 20.4 Å². The molecule has 9 heteroatoms. The number of aryl methyl sites for hydroxylation is 3. The molecule has 0 bridgehead atoms. The number of amides is 1. The fourth-order valence-electron chi connectivity index (χ4n) is 3.47. The standard InChI is InChI=1S/C20H23ClN6O2/c1-13-4-6-15(7-5-13)19-22-16(29-24-19)12-26-8-10-27(11-9-26)20(28)17-14(2)23-25(3)18(17)21/h4-7H,8-12H2,1-3H3. The molecular weight excluding hydrogens is 392 g/mol. The number of aromatic nitrogens is 4. The predicted molar refractivity (Wildman–Crippen MR) is 109 cm³/mol. The summed E-state index contributed by atoms with van der Waals surface area (Å²) in [4.78, 5) is 21.4. The molecule has 0 radical (unpaired) electrons. The number of nitrogens with zero attached hydrogens (tertiary/aromatic N) is 6. The summed E-state index contributed by atoms with van der Waals surface area (Å²) >= 11 is 6.24. The van der Waals surface area contributed by atoms with Gasteiger partial charge in [-0.05, 0) is 13.8 Å². The molecule has 2 aromatic heterocycles. The van der Waals surface area contributed by atoms with E-state index in [1.54, 1.807) is 14.0 Å². The summed E-state index contributed by atoms with van der Waals surface area (Å²) in [5.74, 6) is 1.10. The first-order chi connectivity index (χ1) is 13.9. The van der Waals surface area contributed by atoms with E-state index in [0.29, 0.717) is 47.8 Å². The highest BCUT2D eigenvalue weighted by Crippen LogP contribution is 2.22. The summed E-state index contributed by atoms with van der Waals surface area (Å²) in [6.07, 6.45) is 0. The van der Waals surface area contributed by atoms with Crippen molar-refractivity contribution in [3.8, 4) is 11.4 Å². The Labute approximate surface area is 174 Å². The summed E-state index contributed by atoms with van der Waals surface area (Å²) in [6.45, 7) is 7.09. The molecule has 3 heterocycles. The van der Waals surface area contributed by atoms with Gasteiger partial charge < -0.3 is 9.42 Å². The van der Waals surface area contributed by atoms with Gasteiger partial charge in [-0.2, -0.15) is 10.1 Å². The van der Waals surface area contributed by atoms with Gasteiger partial charge in [0.05, 0.1) is 17.8 Å². The van der Waals surface area contributed by atoms with Gasteiger partial charge in [0.1, 0.15) is 5.15 Å². The van der Waals surface area contributed by atoms with Crippen LogP contribution in [0.5, 0.6) is 0 Å². The zero-order valence-electron chi connectivity index (χ0n) is 16.7. The molecule has 3 aromatic rings. The lowest BCUT2D eigenvalue weighted by Gasteiger charge is -2.33. The van der Waals surface area contributed by atoms with Crippen molar-refractivity contribution < 1.29 is 9.32 Å². The summed E-state index contributed by atoms with van der Waals surface area (Å²) in [5.41, 5.74) is 3.26. The molecule has 0 unspecified atom stereocenters. The predicted octanol–water partition coefficient (Wildman–Crippen LogP) is 2.70. The number of carbonyl (C=O) groups excluding carboxylic acids is 1. The number of halogens is 1. The van der Waals surface area contributed by atoms with E-state index in [1.165, 1.54) is 10.2 Å². The molecule has 0 spiro atoms. The molecule has 1 fully saturated rings. The van der Waals surface area contributed by atoms with Gasteiger partial charge in [-0.1, -0.05) is 46.6 Å². The fraction of sp³-hybridized carbons (Fsp3) is 0.400. The third-order valence-corrected chi connectivity index (χ3v) is 5.60. The first-order valence-corrected chi connectivity index (χ1v) is 9.90. The van der Waals surface area contributed by atoms with Crippen LogP contribution in [0.25, 0.3) is 11.4 Å². The van der Waals surface area contributed by atoms with Crippen LogP contribution in [0.2, 0.25) is 5.15 Å². The summed E-state index contributed by atoms with van der Waals surface area (Å²) in [6, 6.07) is 8.02. The fourth-order valence-corrected chi connectivity index (χ4v) is 3.73. The van der Waals surface area contributed by atoms with Crippen molar-refractivity contribution in [2.75, 3.05) is 26.2 Å². The van der Waals surface area contributed by atoms with E-state index in [4.69, 9.17) is 16.1 Å². The van der Waals surface area contributed by atoms with Crippen LogP contribution in [0.4, 0.5) is 0 Å². The number of rotatable bonds is 4. The van der Waals surface area contributed by atoms with E-state index in [-0.39, 0.29) is 5.91 Å². The second kappa shape index (κ2) is 7.96. The van der Waals surface area contributed by atoms with Crippen LogP contribution in [-0.2, 0) is 13.6 Å². The average molecular weight is 415 g/mol. The number of hydrogen-bond acceptors (Lipinski definition) is 6. The Kier molecular flexibility index (Phi) is 5.38. The van der Waals surface area contributed by atoms with Crippen LogP contribution in [0, 0.1) is 13.8 Å². The largest absolute Gasteiger partial charge is 0.338 e. The molecule has 1 aromatic carbocycles. The Morgan fingerprint density at radius 3 is 2.45 bits per heavy atom. The lowest BCUT2D eigenvalue weighted by molar-refractivity contribution is 0.0614. The van der Waals surface area contributed by atoms with Crippen molar-refractivity contribution in [3.63, 3.8) is 0 Å². The third kappa shape index (κ3) is 4.04. The van der Waals surface area contributed by atoms with Crippen molar-refractivity contribution in [3.05, 3.63) is 52.1 Å². The van der Waals surface area contributed by atoms with Crippen LogP contribution in [0.15, 0.2) is 28.8 Å². The first kappa shape index (κ1) is 19.6. The highest BCUT2D eigenvalue weighted by molar-refractivity contribution is 6.33. The monoisotopic (exact) mass is 414 g/mol. The van der Waals surface area contributed by atoms with E-state index in [0.717, 1.165) is 18.7 Å². The molecule has 1 saturated heterocycles. The Morgan fingerprint density at radius 2 is 1.83 bits per heavy atom. The minimum Gasteiger partial charge on any atom is -0.338 e. The van der Waals surface area contributed by atoms with E-state index >= 15 is 0 Å². The molecule has 1 aliphatic heterocycles. The van der Waals surface area contributed by atoms with Crippen molar-refractivity contribution in [2.24, 2.45) is 7.05 Å². The highest BCUT2D eigenvalue weighted by atomic mass is 35.5. The lowest BCUT2D eigenvalue weighted by Crippen LogP contribution is -2.48. The van der Waals surface area contributed by atoms with Gasteiger partial charge in [0.2, 0.25) is 11.7 Å². The van der Waals surface area contributed by atoms with Gasteiger partial charge in [-0.15, -0.1) is 0 Å². The molecule has 0 aliphatic carbocycles. The molecule has 0 saturated carbocycles. The summed E-state index contributed by atoms with van der Waals surface area (Å²) in [7, 11) is 1.74. The molecular formula is C20H23ClN6O2. The molecule has 1 aliphatic rings. The molecule has 0 atom stereocenters. The van der Waals surface area contributed by atoms with Gasteiger partial charge in [0.15, 0.2) is 0 Å². The Balaban J connectivity index is 1.36. The summed E-state index contributed by atoms with van der Waals surface area (Å²) in [5, 5.41) is 8.69. The van der Waals surface area contributed by atoms with Gasteiger partial charge in [-0.25, -0.2) is 0 Å². The minimum absolute atomic E-state index is 0.0697. The molecule has 0 N–H and O–H groups in total. The molecule has 1 amide bonds. The number of benzene rings is 1. The molecule has 29 heavy (non-hydrogen) atoms. The maximum absolute atomic E-state index is 12.8. The SMILES string of the molecule is Cc1ccc(-c2noc(CN3CCN(C(=O)c4c(C)nn(C)c4Cl)CC3)n2)cc1. The van der Waals surface area contributed by atoms with Crippen LogP contribution >= 0.6 is 11.6 Å². The summed E-state index contributed by atoms with van der Waals surface area (Å²) < 4.78 is 6.95. The third-order valence-electron chi connectivity index (χ3n) is 5.16. The number of piperazine rings is 1. The Bertz CT molecular complexity index is 1020.